The number of halogens is 4. The largest absolute Gasteiger partial charge is 0.416 e. The molecule has 0 bridgehead atoms. The Morgan fingerprint density at radius 2 is 2.08 bits per heavy atom. The lowest BCUT2D eigenvalue weighted by molar-refractivity contribution is -0.138. The highest BCUT2D eigenvalue weighted by atomic mass is 19.4. The molecule has 0 aliphatic carbocycles. The van der Waals surface area contributed by atoms with Crippen LogP contribution in [0, 0.1) is 12.7 Å². The van der Waals surface area contributed by atoms with Gasteiger partial charge in [0.2, 0.25) is 5.91 Å². The van der Waals surface area contributed by atoms with Gasteiger partial charge in [-0.1, -0.05) is 6.07 Å². The molecule has 4 nitrogen and oxygen atoms in total. The molecule has 0 saturated carbocycles. The summed E-state index contributed by atoms with van der Waals surface area (Å²) >= 11 is 0. The molecule has 1 aromatic heterocycles. The summed E-state index contributed by atoms with van der Waals surface area (Å²) in [5.74, 6) is -0.491. The van der Waals surface area contributed by atoms with Crippen LogP contribution in [0.2, 0.25) is 0 Å². The van der Waals surface area contributed by atoms with Crippen molar-refractivity contribution >= 4 is 5.91 Å². The fourth-order valence-corrected chi connectivity index (χ4v) is 2.30. The summed E-state index contributed by atoms with van der Waals surface area (Å²) < 4.78 is 53.5. The number of imidazole rings is 1. The van der Waals surface area contributed by atoms with Crippen molar-refractivity contribution in [1.82, 2.24) is 14.9 Å². The van der Waals surface area contributed by atoms with E-state index in [4.69, 9.17) is 0 Å². The number of aryl methyl sites for hydroxylation is 2. The quantitative estimate of drug-likeness (QED) is 0.817. The van der Waals surface area contributed by atoms with Gasteiger partial charge in [0.1, 0.15) is 11.6 Å². The van der Waals surface area contributed by atoms with Crippen LogP contribution in [0.15, 0.2) is 30.6 Å². The fraction of sp³-hybridized carbons (Fsp3) is 0.375. The number of alkyl halides is 3. The molecule has 0 aliphatic rings. The van der Waals surface area contributed by atoms with Crippen LogP contribution in [0.25, 0.3) is 0 Å². The van der Waals surface area contributed by atoms with Crippen molar-refractivity contribution < 1.29 is 22.4 Å². The Bertz CT molecular complexity index is 710. The number of aromatic nitrogens is 2. The Morgan fingerprint density at radius 3 is 2.71 bits per heavy atom. The van der Waals surface area contributed by atoms with Crippen LogP contribution >= 0.6 is 0 Å². The van der Waals surface area contributed by atoms with Crippen LogP contribution in [0.1, 0.15) is 29.8 Å². The van der Waals surface area contributed by atoms with E-state index in [1.165, 1.54) is 0 Å². The lowest BCUT2D eigenvalue weighted by Crippen LogP contribution is -2.24. The van der Waals surface area contributed by atoms with Gasteiger partial charge in [0.05, 0.1) is 5.56 Å². The zero-order valence-corrected chi connectivity index (χ0v) is 13.0. The third kappa shape index (κ3) is 4.81. The minimum Gasteiger partial charge on any atom is -0.352 e. The summed E-state index contributed by atoms with van der Waals surface area (Å²) in [7, 11) is 0. The van der Waals surface area contributed by atoms with Gasteiger partial charge in [-0.3, -0.25) is 4.79 Å². The first-order chi connectivity index (χ1) is 11.3. The predicted octanol–water partition coefficient (Wildman–Crippen LogP) is 3.45. The summed E-state index contributed by atoms with van der Waals surface area (Å²) in [5.41, 5.74) is -1.24. The Kier molecular flexibility index (Phi) is 5.58. The van der Waals surface area contributed by atoms with E-state index >= 15 is 0 Å². The van der Waals surface area contributed by atoms with Gasteiger partial charge >= 0.3 is 6.18 Å². The SMILES string of the molecule is Cc1nccn1CCCC(=O)NCc1ccc(F)cc1C(F)(F)F. The smallest absolute Gasteiger partial charge is 0.352 e. The highest BCUT2D eigenvalue weighted by Gasteiger charge is 2.33. The van der Waals surface area contributed by atoms with Crippen molar-refractivity contribution in [3.8, 4) is 0 Å². The first-order valence-electron chi connectivity index (χ1n) is 7.37. The minimum atomic E-state index is -4.67. The van der Waals surface area contributed by atoms with Crippen LogP contribution in [-0.2, 0) is 24.1 Å². The normalized spacial score (nSPS) is 11.5. The lowest BCUT2D eigenvalue weighted by atomic mass is 10.1. The van der Waals surface area contributed by atoms with Crippen molar-refractivity contribution in [2.24, 2.45) is 0 Å². The van der Waals surface area contributed by atoms with E-state index in [2.05, 4.69) is 10.3 Å². The Morgan fingerprint density at radius 1 is 1.33 bits per heavy atom. The van der Waals surface area contributed by atoms with Gasteiger partial charge in [-0.05, 0) is 31.0 Å². The third-order valence-electron chi connectivity index (χ3n) is 3.58. The number of amides is 1. The van der Waals surface area contributed by atoms with Crippen LogP contribution < -0.4 is 5.32 Å². The number of nitrogens with zero attached hydrogens (tertiary/aromatic N) is 2. The van der Waals surface area contributed by atoms with Gasteiger partial charge in [0.25, 0.3) is 0 Å². The number of hydrogen-bond donors (Lipinski definition) is 1. The average molecular weight is 343 g/mol. The molecule has 1 aromatic carbocycles. The van der Waals surface area contributed by atoms with Crippen LogP contribution in [0.4, 0.5) is 17.6 Å². The Hall–Kier alpha value is -2.38. The van der Waals surface area contributed by atoms with Gasteiger partial charge in [0.15, 0.2) is 0 Å². The summed E-state index contributed by atoms with van der Waals surface area (Å²) in [6, 6.07) is 2.41. The lowest BCUT2D eigenvalue weighted by Gasteiger charge is -2.13. The highest BCUT2D eigenvalue weighted by molar-refractivity contribution is 5.75. The molecular formula is C16H17F4N3O. The van der Waals surface area contributed by atoms with Gasteiger partial charge < -0.3 is 9.88 Å². The van der Waals surface area contributed by atoms with Gasteiger partial charge in [0, 0.05) is 31.9 Å². The van der Waals surface area contributed by atoms with Gasteiger partial charge in [-0.15, -0.1) is 0 Å². The monoisotopic (exact) mass is 343 g/mol. The molecule has 2 rings (SSSR count). The van der Waals surface area contributed by atoms with Crippen molar-refractivity contribution in [1.29, 1.82) is 0 Å². The standard InChI is InChI=1S/C16H17F4N3O/c1-11-21-6-8-23(11)7-2-3-15(24)22-10-12-4-5-13(17)9-14(12)16(18,19)20/h4-6,8-9H,2-3,7,10H2,1H3,(H,22,24). The fourth-order valence-electron chi connectivity index (χ4n) is 2.30. The third-order valence-corrected chi connectivity index (χ3v) is 3.58. The van der Waals surface area contributed by atoms with E-state index in [1.54, 1.807) is 12.4 Å². The molecular weight excluding hydrogens is 326 g/mol. The zero-order chi connectivity index (χ0) is 17.7. The molecule has 0 atom stereocenters. The van der Waals surface area contributed by atoms with Crippen LogP contribution in [0.3, 0.4) is 0 Å². The Balaban J connectivity index is 1.87. The van der Waals surface area contributed by atoms with E-state index in [0.717, 1.165) is 18.0 Å². The number of benzene rings is 1. The minimum absolute atomic E-state index is 0.164. The second-order valence-electron chi connectivity index (χ2n) is 5.35. The summed E-state index contributed by atoms with van der Waals surface area (Å²) in [5, 5.41) is 2.44. The van der Waals surface area contributed by atoms with Crippen molar-refractivity contribution in [3.63, 3.8) is 0 Å². The van der Waals surface area contributed by atoms with Crippen molar-refractivity contribution in [3.05, 3.63) is 53.4 Å². The van der Waals surface area contributed by atoms with E-state index in [9.17, 15) is 22.4 Å². The topological polar surface area (TPSA) is 46.9 Å². The molecule has 1 N–H and O–H groups in total. The van der Waals surface area contributed by atoms with E-state index in [1.807, 2.05) is 11.5 Å². The first kappa shape index (κ1) is 18.0. The maximum absolute atomic E-state index is 13.0. The summed E-state index contributed by atoms with van der Waals surface area (Å²) in [4.78, 5) is 15.8. The van der Waals surface area contributed by atoms with Crippen LogP contribution in [-0.4, -0.2) is 15.5 Å². The molecule has 1 amide bonds. The molecule has 8 heteroatoms. The average Bonchev–Trinajstić information content (AvgIpc) is 2.90. The molecule has 1 heterocycles. The molecule has 0 radical (unpaired) electrons. The van der Waals surface area contributed by atoms with E-state index in [0.29, 0.717) is 19.0 Å². The molecule has 0 spiro atoms. The number of carbonyl (C=O) groups excluding carboxylic acids is 1. The molecule has 0 fully saturated rings. The van der Waals surface area contributed by atoms with E-state index < -0.39 is 17.6 Å². The van der Waals surface area contributed by atoms with Gasteiger partial charge in [-0.25, -0.2) is 9.37 Å². The van der Waals surface area contributed by atoms with E-state index in [-0.39, 0.29) is 24.4 Å². The molecule has 2 aromatic rings. The maximum Gasteiger partial charge on any atom is 0.416 e. The number of carbonyl (C=O) groups is 1. The number of nitrogens with one attached hydrogen (secondary N) is 1. The maximum atomic E-state index is 13.0. The van der Waals surface area contributed by atoms with Gasteiger partial charge in [-0.2, -0.15) is 13.2 Å². The summed E-state index contributed by atoms with van der Waals surface area (Å²) in [6.45, 7) is 2.15. The number of rotatable bonds is 6. The molecule has 24 heavy (non-hydrogen) atoms. The second kappa shape index (κ2) is 7.46. The molecule has 130 valence electrons. The first-order valence-corrected chi connectivity index (χ1v) is 7.37. The Labute approximate surface area is 136 Å². The number of hydrogen-bond acceptors (Lipinski definition) is 2. The van der Waals surface area contributed by atoms with Crippen molar-refractivity contribution in [2.75, 3.05) is 0 Å². The molecule has 0 unspecified atom stereocenters. The van der Waals surface area contributed by atoms with Crippen LogP contribution in [0.5, 0.6) is 0 Å². The van der Waals surface area contributed by atoms with Crippen molar-refractivity contribution in [2.45, 2.75) is 39.0 Å². The summed E-state index contributed by atoms with van der Waals surface area (Å²) in [6.07, 6.45) is -0.496. The predicted molar refractivity (Wildman–Crippen MR) is 79.4 cm³/mol. The second-order valence-corrected chi connectivity index (χ2v) is 5.35. The molecule has 0 saturated heterocycles. The molecule has 0 aliphatic heterocycles. The highest BCUT2D eigenvalue weighted by Crippen LogP contribution is 2.32. The zero-order valence-electron chi connectivity index (χ0n) is 13.0.